The molecule has 1 aromatic carbocycles. The van der Waals surface area contributed by atoms with Gasteiger partial charge in [0.25, 0.3) is 0 Å². The van der Waals surface area contributed by atoms with E-state index in [2.05, 4.69) is 55.3 Å². The second-order valence-corrected chi connectivity index (χ2v) is 6.61. The van der Waals surface area contributed by atoms with Crippen molar-refractivity contribution in [2.24, 2.45) is 11.8 Å². The van der Waals surface area contributed by atoms with Crippen LogP contribution < -0.4 is 5.32 Å². The topological polar surface area (TPSA) is 32.3 Å². The van der Waals surface area contributed by atoms with E-state index in [9.17, 15) is 4.79 Å². The highest BCUT2D eigenvalue weighted by Crippen LogP contribution is 2.41. The molecule has 114 valence electrons. The minimum Gasteiger partial charge on any atom is -0.319 e. The molecule has 1 heterocycles. The second-order valence-electron chi connectivity index (χ2n) is 6.61. The van der Waals surface area contributed by atoms with E-state index in [1.54, 1.807) is 0 Å². The van der Waals surface area contributed by atoms with Crippen LogP contribution in [0.25, 0.3) is 0 Å². The molecule has 0 spiro atoms. The molecule has 1 N–H and O–H groups in total. The molecule has 3 rings (SSSR count). The van der Waals surface area contributed by atoms with Crippen LogP contribution in [0.3, 0.4) is 0 Å². The fourth-order valence-electron chi connectivity index (χ4n) is 4.24. The van der Waals surface area contributed by atoms with Crippen LogP contribution in [0, 0.1) is 18.8 Å². The molecule has 0 bridgehead atoms. The summed E-state index contributed by atoms with van der Waals surface area (Å²) in [5.74, 6) is 1.63. The summed E-state index contributed by atoms with van der Waals surface area (Å²) >= 11 is 0. The van der Waals surface area contributed by atoms with Crippen LogP contribution in [0.2, 0.25) is 0 Å². The zero-order valence-corrected chi connectivity index (χ0v) is 13.3. The summed E-state index contributed by atoms with van der Waals surface area (Å²) in [6, 6.07) is 8.80. The minimum atomic E-state index is 0.0572. The van der Waals surface area contributed by atoms with E-state index < -0.39 is 0 Å². The molecule has 3 nitrogen and oxygen atoms in total. The Morgan fingerprint density at radius 2 is 2.05 bits per heavy atom. The third kappa shape index (κ3) is 2.48. The molecule has 1 amide bonds. The molecule has 1 aliphatic heterocycles. The summed E-state index contributed by atoms with van der Waals surface area (Å²) < 4.78 is 0. The summed E-state index contributed by atoms with van der Waals surface area (Å²) in [5, 5.41) is 3.42. The molecule has 4 unspecified atom stereocenters. The van der Waals surface area contributed by atoms with E-state index >= 15 is 0 Å². The Hall–Kier alpha value is -1.35. The van der Waals surface area contributed by atoms with Gasteiger partial charge in [0.1, 0.15) is 6.17 Å². The largest absolute Gasteiger partial charge is 0.319 e. The number of nitrogens with zero attached hydrogens (tertiary/aromatic N) is 1. The molecular weight excluding hydrogens is 260 g/mol. The Morgan fingerprint density at radius 3 is 2.71 bits per heavy atom. The Kier molecular flexibility index (Phi) is 4.03. The van der Waals surface area contributed by atoms with Gasteiger partial charge in [-0.1, -0.05) is 44.5 Å². The number of aryl methyl sites for hydroxylation is 1. The number of carbonyl (C=O) groups excluding carboxylic acids is 1. The summed E-state index contributed by atoms with van der Waals surface area (Å²) in [6.45, 7) is 7.20. The number of benzene rings is 1. The second kappa shape index (κ2) is 5.80. The molecule has 3 heteroatoms. The summed E-state index contributed by atoms with van der Waals surface area (Å²) in [4.78, 5) is 14.6. The van der Waals surface area contributed by atoms with Crippen molar-refractivity contribution >= 4 is 5.91 Å². The first-order chi connectivity index (χ1) is 10.1. The zero-order valence-electron chi connectivity index (χ0n) is 13.3. The fourth-order valence-corrected chi connectivity index (χ4v) is 4.24. The van der Waals surface area contributed by atoms with Gasteiger partial charge in [0.05, 0.1) is 6.54 Å². The Bertz CT molecular complexity index is 528. The van der Waals surface area contributed by atoms with Crippen molar-refractivity contribution in [1.29, 1.82) is 0 Å². The van der Waals surface area contributed by atoms with Crippen molar-refractivity contribution < 1.29 is 4.79 Å². The first-order valence-corrected chi connectivity index (χ1v) is 8.23. The fraction of sp³-hybridized carbons (Fsp3) is 0.611. The lowest BCUT2D eigenvalue weighted by Crippen LogP contribution is -2.42. The summed E-state index contributed by atoms with van der Waals surface area (Å²) in [5.41, 5.74) is 2.50. The Morgan fingerprint density at radius 1 is 1.29 bits per heavy atom. The molecule has 2 fully saturated rings. The maximum absolute atomic E-state index is 12.5. The van der Waals surface area contributed by atoms with E-state index in [-0.39, 0.29) is 12.1 Å². The van der Waals surface area contributed by atoms with Gasteiger partial charge in [-0.05, 0) is 42.7 Å². The highest BCUT2D eigenvalue weighted by molar-refractivity contribution is 5.81. The van der Waals surface area contributed by atoms with Crippen LogP contribution in [0.5, 0.6) is 0 Å². The molecule has 1 aliphatic carbocycles. The normalized spacial score (nSPS) is 32.9. The Labute approximate surface area is 127 Å². The minimum absolute atomic E-state index is 0.0572. The highest BCUT2D eigenvalue weighted by atomic mass is 16.2. The predicted octanol–water partition coefficient (Wildman–Crippen LogP) is 3.25. The standard InChI is InChI=1S/C18H26N2O/c1-4-14-9-10-16(13(14)3)20-17(21)11-19-18(20)15-8-6-5-7-12(15)2/h5-8,13-14,16,18-19H,4,9-11H2,1-3H3. The smallest absolute Gasteiger partial charge is 0.238 e. The van der Waals surface area contributed by atoms with Crippen molar-refractivity contribution in [3.05, 3.63) is 35.4 Å². The number of amides is 1. The van der Waals surface area contributed by atoms with Crippen LogP contribution in [-0.4, -0.2) is 23.4 Å². The lowest BCUT2D eigenvalue weighted by Gasteiger charge is -2.34. The predicted molar refractivity (Wildman–Crippen MR) is 84.7 cm³/mol. The molecule has 21 heavy (non-hydrogen) atoms. The van der Waals surface area contributed by atoms with E-state index in [0.29, 0.717) is 18.5 Å². The maximum Gasteiger partial charge on any atom is 0.238 e. The average molecular weight is 286 g/mol. The molecule has 1 aromatic rings. The number of nitrogens with one attached hydrogen (secondary N) is 1. The average Bonchev–Trinajstić information content (AvgIpc) is 3.02. The molecule has 2 aliphatic rings. The molecule has 0 aromatic heterocycles. The number of hydrogen-bond acceptors (Lipinski definition) is 2. The van der Waals surface area contributed by atoms with Gasteiger partial charge in [0.2, 0.25) is 5.91 Å². The van der Waals surface area contributed by atoms with Crippen molar-refractivity contribution in [2.45, 2.75) is 52.2 Å². The molecular formula is C18H26N2O. The van der Waals surface area contributed by atoms with Crippen molar-refractivity contribution in [2.75, 3.05) is 6.54 Å². The Balaban J connectivity index is 1.89. The van der Waals surface area contributed by atoms with Crippen LogP contribution in [-0.2, 0) is 4.79 Å². The van der Waals surface area contributed by atoms with E-state index in [1.165, 1.54) is 24.0 Å². The maximum atomic E-state index is 12.5. The third-order valence-electron chi connectivity index (χ3n) is 5.56. The van der Waals surface area contributed by atoms with Crippen LogP contribution in [0.15, 0.2) is 24.3 Å². The summed E-state index contributed by atoms with van der Waals surface area (Å²) in [6.07, 6.45) is 3.69. The molecule has 0 radical (unpaired) electrons. The van der Waals surface area contributed by atoms with E-state index in [0.717, 1.165) is 12.3 Å². The van der Waals surface area contributed by atoms with Gasteiger partial charge in [-0.3, -0.25) is 10.1 Å². The van der Waals surface area contributed by atoms with Gasteiger partial charge in [0.15, 0.2) is 0 Å². The quantitative estimate of drug-likeness (QED) is 0.925. The first-order valence-electron chi connectivity index (χ1n) is 8.23. The lowest BCUT2D eigenvalue weighted by molar-refractivity contribution is -0.131. The lowest BCUT2D eigenvalue weighted by atomic mass is 9.92. The summed E-state index contributed by atoms with van der Waals surface area (Å²) in [7, 11) is 0. The number of carbonyl (C=O) groups is 1. The molecule has 4 atom stereocenters. The van der Waals surface area contributed by atoms with Gasteiger partial charge in [-0.25, -0.2) is 0 Å². The zero-order chi connectivity index (χ0) is 15.0. The molecule has 1 saturated heterocycles. The van der Waals surface area contributed by atoms with E-state index in [4.69, 9.17) is 0 Å². The third-order valence-corrected chi connectivity index (χ3v) is 5.56. The number of hydrogen-bond donors (Lipinski definition) is 1. The van der Waals surface area contributed by atoms with Crippen LogP contribution in [0.1, 0.15) is 50.4 Å². The van der Waals surface area contributed by atoms with E-state index in [1.807, 2.05) is 0 Å². The monoisotopic (exact) mass is 286 g/mol. The highest BCUT2D eigenvalue weighted by Gasteiger charge is 2.43. The van der Waals surface area contributed by atoms with Crippen LogP contribution in [0.4, 0.5) is 0 Å². The van der Waals surface area contributed by atoms with Crippen LogP contribution >= 0.6 is 0 Å². The van der Waals surface area contributed by atoms with Gasteiger partial charge >= 0.3 is 0 Å². The van der Waals surface area contributed by atoms with Crippen molar-refractivity contribution in [3.8, 4) is 0 Å². The first kappa shape index (κ1) is 14.6. The van der Waals surface area contributed by atoms with Crippen molar-refractivity contribution in [1.82, 2.24) is 10.2 Å². The van der Waals surface area contributed by atoms with Gasteiger partial charge in [-0.15, -0.1) is 0 Å². The van der Waals surface area contributed by atoms with Gasteiger partial charge in [-0.2, -0.15) is 0 Å². The number of rotatable bonds is 3. The van der Waals surface area contributed by atoms with Crippen molar-refractivity contribution in [3.63, 3.8) is 0 Å². The molecule has 1 saturated carbocycles. The van der Waals surface area contributed by atoms with Gasteiger partial charge < -0.3 is 4.90 Å². The van der Waals surface area contributed by atoms with Gasteiger partial charge in [0, 0.05) is 6.04 Å². The SMILES string of the molecule is CCC1CCC(N2C(=O)CNC2c2ccccc2C)C1C.